The summed E-state index contributed by atoms with van der Waals surface area (Å²) in [7, 11) is 0. The summed E-state index contributed by atoms with van der Waals surface area (Å²) >= 11 is 0. The molecule has 14 nitrogen and oxygen atoms in total. The summed E-state index contributed by atoms with van der Waals surface area (Å²) in [5.74, 6) is -1.18. The van der Waals surface area contributed by atoms with Crippen molar-refractivity contribution in [2.45, 2.75) is 111 Å². The summed E-state index contributed by atoms with van der Waals surface area (Å²) in [5.41, 5.74) is 0.333. The second-order valence-electron chi connectivity index (χ2n) is 16.6. The number of aromatic nitrogens is 5. The van der Waals surface area contributed by atoms with Crippen molar-refractivity contribution < 1.29 is 41.8 Å². The number of hydrogen-bond acceptors (Lipinski definition) is 10. The van der Waals surface area contributed by atoms with Crippen molar-refractivity contribution in [3.63, 3.8) is 0 Å². The van der Waals surface area contributed by atoms with Gasteiger partial charge in [-0.1, -0.05) is 6.07 Å². The maximum absolute atomic E-state index is 14.6. The van der Waals surface area contributed by atoms with Crippen molar-refractivity contribution in [2.75, 3.05) is 25.1 Å². The summed E-state index contributed by atoms with van der Waals surface area (Å²) in [5, 5.41) is 7.71. The zero-order chi connectivity index (χ0) is 41.7. The van der Waals surface area contributed by atoms with Crippen LogP contribution in [0.25, 0.3) is 22.0 Å². The smallest absolute Gasteiger partial charge is 0.433 e. The highest BCUT2D eigenvalue weighted by molar-refractivity contribution is 6.07. The second kappa shape index (κ2) is 15.4. The number of Topliss-reactive ketones (excluding diaryl/α,β-unsaturated/α-hetero) is 1. The maximum Gasteiger partial charge on any atom is 0.433 e. The molecule has 5 heterocycles. The molecule has 2 bridgehead atoms. The number of halogens is 3. The minimum absolute atomic E-state index is 0.0452. The lowest BCUT2D eigenvalue weighted by atomic mass is 9.99. The summed E-state index contributed by atoms with van der Waals surface area (Å²) < 4.78 is 54.2. The number of ketones is 1. The molecule has 1 N–H and O–H groups in total. The Morgan fingerprint density at radius 3 is 2.41 bits per heavy atom. The van der Waals surface area contributed by atoms with Gasteiger partial charge >= 0.3 is 12.3 Å². The van der Waals surface area contributed by atoms with Crippen LogP contribution in [-0.4, -0.2) is 95.7 Å². The maximum atomic E-state index is 14.6. The van der Waals surface area contributed by atoms with Crippen LogP contribution in [0.3, 0.4) is 0 Å². The molecule has 3 amide bonds. The first-order valence-corrected chi connectivity index (χ1v) is 19.4. The molecule has 1 aromatic carbocycles. The monoisotopic (exact) mass is 804 g/mol. The summed E-state index contributed by atoms with van der Waals surface area (Å²) in [4.78, 5) is 71.2. The molecule has 7 rings (SSSR count). The minimum Gasteiger partial charge on any atom is -0.444 e. The van der Waals surface area contributed by atoms with Crippen molar-refractivity contribution in [3.8, 4) is 11.1 Å². The molecule has 4 aromatic rings. The van der Waals surface area contributed by atoms with Crippen LogP contribution in [0, 0.1) is 19.3 Å². The number of amides is 3. The van der Waals surface area contributed by atoms with Gasteiger partial charge in [-0.15, -0.1) is 0 Å². The number of ether oxygens (including phenoxy) is 2. The number of anilines is 1. The van der Waals surface area contributed by atoms with Gasteiger partial charge in [-0.05, 0) is 102 Å². The highest BCUT2D eigenvalue weighted by Gasteiger charge is 2.67. The molecule has 0 radical (unpaired) electrons. The molecule has 2 aliphatic heterocycles. The summed E-state index contributed by atoms with van der Waals surface area (Å²) in [6.07, 6.45) is 0.963. The van der Waals surface area contributed by atoms with Gasteiger partial charge in [0.05, 0.1) is 18.7 Å². The quantitative estimate of drug-likeness (QED) is 0.221. The van der Waals surface area contributed by atoms with Gasteiger partial charge in [-0.3, -0.25) is 19.1 Å². The number of hydrogen-bond donors (Lipinski definition) is 1. The van der Waals surface area contributed by atoms with Crippen LogP contribution < -0.4 is 5.32 Å². The van der Waals surface area contributed by atoms with Crippen molar-refractivity contribution in [1.82, 2.24) is 34.5 Å². The van der Waals surface area contributed by atoms with Crippen molar-refractivity contribution in [2.24, 2.45) is 5.41 Å². The lowest BCUT2D eigenvalue weighted by molar-refractivity contribution is -0.141. The number of benzene rings is 1. The third kappa shape index (κ3) is 8.40. The zero-order valence-corrected chi connectivity index (χ0v) is 33.4. The van der Waals surface area contributed by atoms with Crippen LogP contribution in [0.1, 0.15) is 92.9 Å². The van der Waals surface area contributed by atoms with Gasteiger partial charge in [-0.2, -0.15) is 18.3 Å². The van der Waals surface area contributed by atoms with E-state index in [2.05, 4.69) is 25.4 Å². The number of carbonyl (C=O) groups is 4. The van der Waals surface area contributed by atoms with Gasteiger partial charge in [0, 0.05) is 54.9 Å². The third-order valence-electron chi connectivity index (χ3n) is 10.9. The minimum atomic E-state index is -4.73. The Morgan fingerprint density at radius 1 is 0.983 bits per heavy atom. The van der Waals surface area contributed by atoms with E-state index in [1.807, 2.05) is 6.07 Å². The van der Waals surface area contributed by atoms with Gasteiger partial charge in [0.15, 0.2) is 5.78 Å². The van der Waals surface area contributed by atoms with Gasteiger partial charge in [-0.25, -0.2) is 19.7 Å². The molecular formula is C41H47F3N8O6. The van der Waals surface area contributed by atoms with Crippen molar-refractivity contribution >= 4 is 40.4 Å². The Morgan fingerprint density at radius 2 is 1.72 bits per heavy atom. The van der Waals surface area contributed by atoms with E-state index in [0.29, 0.717) is 71.4 Å². The lowest BCUT2D eigenvalue weighted by Crippen LogP contribution is -2.47. The van der Waals surface area contributed by atoms with Crippen LogP contribution >= 0.6 is 0 Å². The van der Waals surface area contributed by atoms with Crippen molar-refractivity contribution in [1.29, 1.82) is 0 Å². The summed E-state index contributed by atoms with van der Waals surface area (Å²) in [6, 6.07) is 4.32. The first-order chi connectivity index (χ1) is 27.3. The van der Waals surface area contributed by atoms with Crippen LogP contribution in [0.2, 0.25) is 0 Å². The van der Waals surface area contributed by atoms with E-state index in [0.717, 1.165) is 12.5 Å². The second-order valence-corrected chi connectivity index (χ2v) is 16.6. The van der Waals surface area contributed by atoms with Crippen LogP contribution in [0.15, 0.2) is 36.7 Å². The Kier molecular flexibility index (Phi) is 10.8. The number of rotatable bonds is 4. The summed E-state index contributed by atoms with van der Waals surface area (Å²) in [6.45, 7) is 10.8. The van der Waals surface area contributed by atoms with Gasteiger partial charge in [0.2, 0.25) is 11.8 Å². The molecule has 3 aliphatic rings. The SMILES string of the molecule is CC(=O)c1nn2c3c(cc(-c4cnc(C)nc4)cc13)CN(C(=O)OC(C)(C)C)CCCCCOC[C@@]13C[C@@H](C(=O)Nc4nc(C(F)(F)F)ccc4C)N(C(=O)C2)[C@@H]1C3. The molecular weight excluding hydrogens is 757 g/mol. The third-order valence-corrected chi connectivity index (χ3v) is 10.9. The molecule has 0 unspecified atom stereocenters. The predicted molar refractivity (Wildman–Crippen MR) is 206 cm³/mol. The highest BCUT2D eigenvalue weighted by Crippen LogP contribution is 2.60. The fourth-order valence-electron chi connectivity index (χ4n) is 7.98. The normalized spacial score (nSPS) is 21.7. The number of carbonyl (C=O) groups excluding carboxylic acids is 4. The first kappa shape index (κ1) is 40.7. The van der Waals surface area contributed by atoms with E-state index in [1.54, 1.807) is 51.1 Å². The number of alkyl halides is 3. The Bertz CT molecular complexity index is 2270. The molecule has 17 heteroatoms. The van der Waals surface area contributed by atoms with Gasteiger partial charge in [0.25, 0.3) is 0 Å². The fourth-order valence-corrected chi connectivity index (χ4v) is 7.98. The van der Waals surface area contributed by atoms with E-state index in [9.17, 15) is 32.3 Å². The van der Waals surface area contributed by atoms with Crippen molar-refractivity contribution in [3.05, 3.63) is 65.0 Å². The van der Waals surface area contributed by atoms with E-state index < -0.39 is 46.8 Å². The Labute approximate surface area is 333 Å². The molecule has 1 aliphatic carbocycles. The molecule has 2 fully saturated rings. The molecule has 1 saturated heterocycles. The van der Waals surface area contributed by atoms with Crippen LogP contribution in [0.4, 0.5) is 23.8 Å². The molecule has 3 aromatic heterocycles. The average Bonchev–Trinajstić information content (AvgIpc) is 3.54. The molecule has 1 saturated carbocycles. The highest BCUT2D eigenvalue weighted by atomic mass is 19.4. The Balaban J connectivity index is 1.32. The number of aryl methyl sites for hydroxylation is 2. The molecule has 3 atom stereocenters. The van der Waals surface area contributed by atoms with Gasteiger partial charge in [0.1, 0.15) is 41.2 Å². The number of pyridine rings is 1. The largest absolute Gasteiger partial charge is 0.444 e. The van der Waals surface area contributed by atoms with E-state index in [4.69, 9.17) is 9.47 Å². The number of piperidine rings is 1. The first-order valence-electron chi connectivity index (χ1n) is 19.4. The number of nitrogens with zero attached hydrogens (tertiary/aromatic N) is 7. The number of nitrogens with one attached hydrogen (secondary N) is 1. The van der Waals surface area contributed by atoms with Crippen LogP contribution in [-0.2, 0) is 38.3 Å². The fraction of sp³-hybridized carbons (Fsp3) is 0.512. The van der Waals surface area contributed by atoms with E-state index in [-0.39, 0.29) is 49.5 Å². The topological polar surface area (TPSA) is 162 Å². The van der Waals surface area contributed by atoms with E-state index in [1.165, 1.54) is 29.5 Å². The molecule has 0 spiro atoms. The standard InChI is InChI=1S/C41H47F3N8O6/c1-23-10-11-31(41(42,43)44)47-36(23)48-37(55)30-16-40-17-32(40)52(30)33(54)21-51-35-27(20-50(38(56)58-39(4,5)6)12-8-7-9-13-57-22-40)14-26(28-18-45-25(3)46-19-28)15-29(35)34(49-51)24(2)53/h10-11,14-15,18-19,30,32H,7-9,12-13,16-17,20-22H2,1-6H3,(H,47,48,55)/t30-,32+,40-/m0/s1. The van der Waals surface area contributed by atoms with Gasteiger partial charge < -0.3 is 24.6 Å². The predicted octanol–water partition coefficient (Wildman–Crippen LogP) is 6.66. The molecule has 58 heavy (non-hydrogen) atoms. The van der Waals surface area contributed by atoms with E-state index >= 15 is 0 Å². The Hall–Kier alpha value is -5.45. The lowest BCUT2D eigenvalue weighted by Gasteiger charge is -2.28. The zero-order valence-electron chi connectivity index (χ0n) is 33.4. The molecule has 308 valence electrons. The van der Waals surface area contributed by atoms with Crippen LogP contribution in [0.5, 0.6) is 0 Å². The average molecular weight is 805 g/mol.